The van der Waals surface area contributed by atoms with Crippen molar-refractivity contribution in [3.05, 3.63) is 0 Å². The van der Waals surface area contributed by atoms with Crippen molar-refractivity contribution in [1.82, 2.24) is 5.32 Å². The smallest absolute Gasteiger partial charge is 0.00676 e. The van der Waals surface area contributed by atoms with E-state index in [4.69, 9.17) is 11.5 Å². The van der Waals surface area contributed by atoms with Gasteiger partial charge in [-0.3, -0.25) is 0 Å². The SMILES string of the molecule is Cl.Cl.Cl.Cl.NCCC(N)CCC1CCCCN1. The van der Waals surface area contributed by atoms with Crippen LogP contribution in [0.5, 0.6) is 0 Å². The zero-order valence-electron chi connectivity index (χ0n) is 10.1. The van der Waals surface area contributed by atoms with Crippen molar-refractivity contribution in [1.29, 1.82) is 0 Å². The van der Waals surface area contributed by atoms with Crippen molar-refractivity contribution >= 4 is 49.6 Å². The predicted octanol–water partition coefficient (Wildman–Crippen LogP) is 2.27. The second kappa shape index (κ2) is 17.0. The molecule has 1 aliphatic rings. The zero-order chi connectivity index (χ0) is 9.52. The predicted molar refractivity (Wildman–Crippen MR) is 85.5 cm³/mol. The Bertz CT molecular complexity index is 135. The number of piperidine rings is 1. The van der Waals surface area contributed by atoms with Crippen molar-refractivity contribution in [2.75, 3.05) is 13.1 Å². The van der Waals surface area contributed by atoms with Gasteiger partial charge in [0.05, 0.1) is 0 Å². The third-order valence-corrected chi connectivity index (χ3v) is 2.84. The van der Waals surface area contributed by atoms with Crippen LogP contribution in [0.1, 0.15) is 38.5 Å². The first-order chi connectivity index (χ1) is 6.33. The van der Waals surface area contributed by atoms with Gasteiger partial charge in [-0.05, 0) is 45.2 Å². The highest BCUT2D eigenvalue weighted by Gasteiger charge is 2.13. The van der Waals surface area contributed by atoms with Gasteiger partial charge in [0.15, 0.2) is 0 Å². The van der Waals surface area contributed by atoms with Gasteiger partial charge in [0, 0.05) is 12.1 Å². The molecule has 1 fully saturated rings. The molecule has 0 aromatic carbocycles. The van der Waals surface area contributed by atoms with Gasteiger partial charge in [0.1, 0.15) is 0 Å². The molecule has 0 aliphatic carbocycles. The normalized spacial score (nSPS) is 19.8. The summed E-state index contributed by atoms with van der Waals surface area (Å²) >= 11 is 0. The lowest BCUT2D eigenvalue weighted by molar-refractivity contribution is 0.362. The van der Waals surface area contributed by atoms with Crippen LogP contribution in [0.4, 0.5) is 0 Å². The van der Waals surface area contributed by atoms with Gasteiger partial charge < -0.3 is 16.8 Å². The van der Waals surface area contributed by atoms with Crippen LogP contribution < -0.4 is 16.8 Å². The maximum absolute atomic E-state index is 5.89. The molecule has 7 heteroatoms. The molecule has 0 spiro atoms. The Morgan fingerprint density at radius 2 is 1.71 bits per heavy atom. The van der Waals surface area contributed by atoms with Crippen molar-refractivity contribution in [3.8, 4) is 0 Å². The summed E-state index contributed by atoms with van der Waals surface area (Å²) in [4.78, 5) is 0. The van der Waals surface area contributed by atoms with Gasteiger partial charge >= 0.3 is 0 Å². The van der Waals surface area contributed by atoms with E-state index in [-0.39, 0.29) is 49.6 Å². The Hall–Kier alpha value is 1.04. The maximum atomic E-state index is 5.89. The van der Waals surface area contributed by atoms with E-state index in [0.717, 1.165) is 25.4 Å². The van der Waals surface area contributed by atoms with Crippen LogP contribution in [0.25, 0.3) is 0 Å². The maximum Gasteiger partial charge on any atom is 0.00676 e. The Labute approximate surface area is 130 Å². The van der Waals surface area contributed by atoms with Gasteiger partial charge in [0.2, 0.25) is 0 Å². The highest BCUT2D eigenvalue weighted by molar-refractivity contribution is 5.86. The molecule has 0 aromatic rings. The molecular weight excluding hydrogens is 304 g/mol. The number of nitrogens with two attached hydrogens (primary N) is 2. The molecule has 1 aliphatic heterocycles. The molecule has 0 amide bonds. The lowest BCUT2D eigenvalue weighted by Gasteiger charge is -2.24. The largest absolute Gasteiger partial charge is 0.330 e. The summed E-state index contributed by atoms with van der Waals surface area (Å²) in [5.74, 6) is 0. The monoisotopic (exact) mass is 329 g/mol. The number of halogens is 4. The summed E-state index contributed by atoms with van der Waals surface area (Å²) in [6, 6.07) is 1.03. The Balaban J connectivity index is -0.000000211. The second-order valence-corrected chi connectivity index (χ2v) is 4.06. The average Bonchev–Trinajstić information content (AvgIpc) is 2.17. The van der Waals surface area contributed by atoms with Crippen molar-refractivity contribution < 1.29 is 0 Å². The van der Waals surface area contributed by atoms with E-state index < -0.39 is 0 Å². The summed E-state index contributed by atoms with van der Waals surface area (Å²) in [5.41, 5.74) is 11.3. The number of hydrogen-bond acceptors (Lipinski definition) is 3. The molecule has 0 radical (unpaired) electrons. The fourth-order valence-corrected chi connectivity index (χ4v) is 1.94. The third kappa shape index (κ3) is 13.3. The fourth-order valence-electron chi connectivity index (χ4n) is 1.94. The lowest BCUT2D eigenvalue weighted by Crippen LogP contribution is -2.35. The molecular formula is C10H27Cl4N3. The minimum Gasteiger partial charge on any atom is -0.330 e. The Kier molecular flexibility index (Phi) is 26.6. The number of rotatable bonds is 5. The summed E-state index contributed by atoms with van der Waals surface area (Å²) in [7, 11) is 0. The van der Waals surface area contributed by atoms with Gasteiger partial charge in [0.25, 0.3) is 0 Å². The summed E-state index contributed by atoms with van der Waals surface area (Å²) in [6.07, 6.45) is 7.35. The summed E-state index contributed by atoms with van der Waals surface area (Å²) in [6.45, 7) is 1.91. The van der Waals surface area contributed by atoms with E-state index in [1.165, 1.54) is 32.2 Å². The van der Waals surface area contributed by atoms with Crippen LogP contribution in [-0.2, 0) is 0 Å². The topological polar surface area (TPSA) is 64.1 Å². The molecule has 110 valence electrons. The van der Waals surface area contributed by atoms with Crippen LogP contribution in [0.3, 0.4) is 0 Å². The first kappa shape index (κ1) is 26.6. The Morgan fingerprint density at radius 3 is 2.18 bits per heavy atom. The van der Waals surface area contributed by atoms with Gasteiger partial charge in [-0.15, -0.1) is 49.6 Å². The van der Waals surface area contributed by atoms with E-state index in [0.29, 0.717) is 6.04 Å². The van der Waals surface area contributed by atoms with E-state index in [9.17, 15) is 0 Å². The molecule has 0 aromatic heterocycles. The van der Waals surface area contributed by atoms with Crippen molar-refractivity contribution in [2.24, 2.45) is 11.5 Å². The van der Waals surface area contributed by atoms with E-state index in [1.807, 2.05) is 0 Å². The minimum absolute atomic E-state index is 0. The number of nitrogens with one attached hydrogen (secondary N) is 1. The Morgan fingerprint density at radius 1 is 1.06 bits per heavy atom. The highest BCUT2D eigenvalue weighted by atomic mass is 35.5. The molecule has 5 N–H and O–H groups in total. The average molecular weight is 331 g/mol. The van der Waals surface area contributed by atoms with Crippen molar-refractivity contribution in [2.45, 2.75) is 50.6 Å². The molecule has 2 unspecified atom stereocenters. The molecule has 3 nitrogen and oxygen atoms in total. The second-order valence-electron chi connectivity index (χ2n) is 4.06. The molecule has 1 heterocycles. The first-order valence-corrected chi connectivity index (χ1v) is 5.52. The molecule has 17 heavy (non-hydrogen) atoms. The fraction of sp³-hybridized carbons (Fsp3) is 1.00. The molecule has 0 saturated carbocycles. The van der Waals surface area contributed by atoms with E-state index in [2.05, 4.69) is 5.32 Å². The van der Waals surface area contributed by atoms with Crippen LogP contribution in [-0.4, -0.2) is 25.2 Å². The quantitative estimate of drug-likeness (QED) is 0.724. The lowest BCUT2D eigenvalue weighted by atomic mass is 9.97. The van der Waals surface area contributed by atoms with Crippen LogP contribution >= 0.6 is 49.6 Å². The summed E-state index contributed by atoms with van der Waals surface area (Å²) < 4.78 is 0. The minimum atomic E-state index is 0. The molecule has 2 atom stereocenters. The summed E-state index contributed by atoms with van der Waals surface area (Å²) in [5, 5.41) is 3.53. The standard InChI is InChI=1S/C10H23N3.4ClH/c11-7-6-9(12)4-5-10-3-1-2-8-13-10;;;;/h9-10,13H,1-8,11-12H2;4*1H. The van der Waals surface area contributed by atoms with Crippen molar-refractivity contribution in [3.63, 3.8) is 0 Å². The zero-order valence-corrected chi connectivity index (χ0v) is 13.4. The molecule has 1 rings (SSSR count). The van der Waals surface area contributed by atoms with Crippen LogP contribution in [0.2, 0.25) is 0 Å². The third-order valence-electron chi connectivity index (χ3n) is 2.84. The van der Waals surface area contributed by atoms with Gasteiger partial charge in [-0.1, -0.05) is 6.42 Å². The van der Waals surface area contributed by atoms with E-state index in [1.54, 1.807) is 0 Å². The molecule has 1 saturated heterocycles. The van der Waals surface area contributed by atoms with Gasteiger partial charge in [-0.25, -0.2) is 0 Å². The van der Waals surface area contributed by atoms with Crippen LogP contribution in [0, 0.1) is 0 Å². The highest BCUT2D eigenvalue weighted by Crippen LogP contribution is 2.12. The van der Waals surface area contributed by atoms with E-state index >= 15 is 0 Å². The number of hydrogen-bond donors (Lipinski definition) is 3. The molecule has 0 bridgehead atoms. The van der Waals surface area contributed by atoms with Gasteiger partial charge in [-0.2, -0.15) is 0 Å². The first-order valence-electron chi connectivity index (χ1n) is 5.52. The van der Waals surface area contributed by atoms with Crippen LogP contribution in [0.15, 0.2) is 0 Å².